The molecule has 1 amide bonds. The number of nitrogens with one attached hydrogen (secondary N) is 1. The molecule has 4 aromatic rings. The van der Waals surface area contributed by atoms with Crippen LogP contribution in [0.2, 0.25) is 5.02 Å². The first-order chi connectivity index (χ1) is 15.9. The van der Waals surface area contributed by atoms with E-state index in [4.69, 9.17) is 16.3 Å². The van der Waals surface area contributed by atoms with Crippen LogP contribution >= 0.6 is 23.4 Å². The zero-order chi connectivity index (χ0) is 23.4. The molecule has 0 unspecified atom stereocenters. The van der Waals surface area contributed by atoms with Crippen LogP contribution in [0, 0.1) is 12.7 Å². The number of nitrogens with zero attached hydrogens (tertiary/aromatic N) is 3. The molecule has 0 radical (unpaired) electrons. The number of carbonyl (C=O) groups is 1. The number of thioether (sulfide) groups is 1. The molecule has 9 heteroatoms. The fourth-order valence-corrected chi connectivity index (χ4v) is 4.05. The Morgan fingerprint density at radius 2 is 1.82 bits per heavy atom. The lowest BCUT2D eigenvalue weighted by atomic mass is 10.1. The Morgan fingerprint density at radius 3 is 2.48 bits per heavy atom. The summed E-state index contributed by atoms with van der Waals surface area (Å²) in [5.74, 6) is 0.657. The monoisotopic (exact) mass is 482 g/mol. The van der Waals surface area contributed by atoms with E-state index in [2.05, 4.69) is 15.5 Å². The van der Waals surface area contributed by atoms with Gasteiger partial charge in [0.1, 0.15) is 11.6 Å². The van der Waals surface area contributed by atoms with Crippen LogP contribution in [0.1, 0.15) is 5.56 Å². The van der Waals surface area contributed by atoms with Gasteiger partial charge in [-0.05, 0) is 49.4 Å². The van der Waals surface area contributed by atoms with E-state index in [0.29, 0.717) is 16.7 Å². The topological polar surface area (TPSA) is 69.0 Å². The number of ether oxygens (including phenoxy) is 1. The molecule has 0 aliphatic rings. The van der Waals surface area contributed by atoms with E-state index in [9.17, 15) is 9.18 Å². The van der Waals surface area contributed by atoms with Crippen molar-refractivity contribution in [1.82, 2.24) is 14.8 Å². The van der Waals surface area contributed by atoms with Crippen LogP contribution in [0.3, 0.4) is 0 Å². The third kappa shape index (κ3) is 5.35. The van der Waals surface area contributed by atoms with Crippen molar-refractivity contribution >= 4 is 35.0 Å². The standard InChI is InChI=1S/C24H20ClFN4O2S/c1-15-3-5-16(6-4-15)23-28-29-24(30(23)18-8-10-19(32-2)11-9-18)33-14-22(31)27-17-7-12-21(26)20(25)13-17/h3-13H,14H2,1-2H3,(H,27,31). The largest absolute Gasteiger partial charge is 0.497 e. The molecular weight excluding hydrogens is 463 g/mol. The number of anilines is 1. The zero-order valence-corrected chi connectivity index (χ0v) is 19.5. The van der Waals surface area contributed by atoms with Crippen molar-refractivity contribution in [1.29, 1.82) is 0 Å². The Balaban J connectivity index is 1.59. The summed E-state index contributed by atoms with van der Waals surface area (Å²) in [6.07, 6.45) is 0. The van der Waals surface area contributed by atoms with Gasteiger partial charge in [0.15, 0.2) is 11.0 Å². The zero-order valence-electron chi connectivity index (χ0n) is 17.9. The van der Waals surface area contributed by atoms with Crippen LogP contribution in [0.5, 0.6) is 5.75 Å². The summed E-state index contributed by atoms with van der Waals surface area (Å²) in [6, 6.07) is 19.5. The summed E-state index contributed by atoms with van der Waals surface area (Å²) < 4.78 is 20.5. The molecule has 1 heterocycles. The predicted octanol–water partition coefficient (Wildman–Crippen LogP) is 5.77. The normalized spacial score (nSPS) is 10.8. The third-order valence-electron chi connectivity index (χ3n) is 4.81. The first-order valence-corrected chi connectivity index (χ1v) is 11.4. The van der Waals surface area contributed by atoms with Crippen molar-refractivity contribution < 1.29 is 13.9 Å². The van der Waals surface area contributed by atoms with Gasteiger partial charge in [0.25, 0.3) is 0 Å². The maximum Gasteiger partial charge on any atom is 0.234 e. The highest BCUT2D eigenvalue weighted by Crippen LogP contribution is 2.29. The molecule has 6 nitrogen and oxygen atoms in total. The lowest BCUT2D eigenvalue weighted by Crippen LogP contribution is -2.14. The molecule has 0 spiro atoms. The Hall–Kier alpha value is -3.36. The molecule has 0 bridgehead atoms. The highest BCUT2D eigenvalue weighted by molar-refractivity contribution is 7.99. The molecule has 0 aliphatic heterocycles. The van der Waals surface area contributed by atoms with E-state index in [0.717, 1.165) is 22.6 Å². The van der Waals surface area contributed by atoms with Gasteiger partial charge in [-0.15, -0.1) is 10.2 Å². The van der Waals surface area contributed by atoms with Crippen molar-refractivity contribution in [3.05, 3.63) is 83.1 Å². The van der Waals surface area contributed by atoms with Crippen molar-refractivity contribution in [3.8, 4) is 22.8 Å². The molecule has 33 heavy (non-hydrogen) atoms. The highest BCUT2D eigenvalue weighted by atomic mass is 35.5. The van der Waals surface area contributed by atoms with E-state index in [1.54, 1.807) is 7.11 Å². The predicted molar refractivity (Wildman–Crippen MR) is 129 cm³/mol. The fourth-order valence-electron chi connectivity index (χ4n) is 3.12. The summed E-state index contributed by atoms with van der Waals surface area (Å²) in [5.41, 5.74) is 3.30. The molecular formula is C24H20ClFN4O2S. The number of hydrogen-bond donors (Lipinski definition) is 1. The number of aromatic nitrogens is 3. The summed E-state index contributed by atoms with van der Waals surface area (Å²) >= 11 is 7.03. The molecule has 0 saturated carbocycles. The Labute approximate surface area is 199 Å². The quantitative estimate of drug-likeness (QED) is 0.338. The minimum Gasteiger partial charge on any atom is -0.497 e. The number of halogens is 2. The summed E-state index contributed by atoms with van der Waals surface area (Å²) in [6.45, 7) is 2.02. The first kappa shape index (κ1) is 22.8. The lowest BCUT2D eigenvalue weighted by molar-refractivity contribution is -0.113. The molecule has 168 valence electrons. The van der Waals surface area contributed by atoms with Crippen LogP contribution in [0.25, 0.3) is 17.1 Å². The van der Waals surface area contributed by atoms with Gasteiger partial charge < -0.3 is 10.1 Å². The second-order valence-corrected chi connectivity index (χ2v) is 8.52. The van der Waals surface area contributed by atoms with Crippen LogP contribution in [-0.2, 0) is 4.79 Å². The van der Waals surface area contributed by atoms with E-state index in [1.807, 2.05) is 60.0 Å². The Kier molecular flexibility index (Phi) is 6.96. The van der Waals surface area contributed by atoms with Gasteiger partial charge in [0.05, 0.1) is 17.9 Å². The first-order valence-electron chi connectivity index (χ1n) is 9.99. The van der Waals surface area contributed by atoms with Gasteiger partial charge in [0, 0.05) is 16.9 Å². The molecule has 1 N–H and O–H groups in total. The van der Waals surface area contributed by atoms with E-state index < -0.39 is 5.82 Å². The molecule has 0 saturated heterocycles. The smallest absolute Gasteiger partial charge is 0.234 e. The van der Waals surface area contributed by atoms with Gasteiger partial charge >= 0.3 is 0 Å². The van der Waals surface area contributed by atoms with Crippen LogP contribution in [0.15, 0.2) is 71.9 Å². The van der Waals surface area contributed by atoms with Crippen molar-refractivity contribution in [3.63, 3.8) is 0 Å². The van der Waals surface area contributed by atoms with E-state index in [-0.39, 0.29) is 16.7 Å². The molecule has 4 rings (SSSR count). The summed E-state index contributed by atoms with van der Waals surface area (Å²) in [4.78, 5) is 12.5. The number of rotatable bonds is 7. The third-order valence-corrected chi connectivity index (χ3v) is 6.03. The second-order valence-electron chi connectivity index (χ2n) is 7.17. The van der Waals surface area contributed by atoms with Crippen LogP contribution < -0.4 is 10.1 Å². The Bertz CT molecular complexity index is 1280. The molecule has 1 aromatic heterocycles. The van der Waals surface area contributed by atoms with Gasteiger partial charge in [-0.2, -0.15) is 0 Å². The second kappa shape index (κ2) is 10.1. The van der Waals surface area contributed by atoms with Crippen molar-refractivity contribution in [2.45, 2.75) is 12.1 Å². The summed E-state index contributed by atoms with van der Waals surface area (Å²) in [5, 5.41) is 11.9. The van der Waals surface area contributed by atoms with E-state index >= 15 is 0 Å². The van der Waals surface area contributed by atoms with Gasteiger partial charge in [-0.25, -0.2) is 4.39 Å². The highest BCUT2D eigenvalue weighted by Gasteiger charge is 2.18. The number of carbonyl (C=O) groups excluding carboxylic acids is 1. The minimum absolute atomic E-state index is 0.0533. The minimum atomic E-state index is -0.541. The van der Waals surface area contributed by atoms with Crippen molar-refractivity contribution in [2.24, 2.45) is 0 Å². The van der Waals surface area contributed by atoms with Crippen LogP contribution in [-0.4, -0.2) is 33.5 Å². The molecule has 0 fully saturated rings. The molecule has 3 aromatic carbocycles. The van der Waals surface area contributed by atoms with E-state index in [1.165, 1.54) is 30.0 Å². The fraction of sp³-hybridized carbons (Fsp3) is 0.125. The van der Waals surface area contributed by atoms with Gasteiger partial charge in [-0.1, -0.05) is 53.2 Å². The number of aryl methyl sites for hydroxylation is 1. The van der Waals surface area contributed by atoms with Gasteiger partial charge in [-0.3, -0.25) is 9.36 Å². The maximum absolute atomic E-state index is 13.3. The Morgan fingerprint density at radius 1 is 1.09 bits per heavy atom. The lowest BCUT2D eigenvalue weighted by Gasteiger charge is -2.11. The average Bonchev–Trinajstić information content (AvgIpc) is 3.24. The van der Waals surface area contributed by atoms with Gasteiger partial charge in [0.2, 0.25) is 5.91 Å². The number of hydrogen-bond acceptors (Lipinski definition) is 5. The van der Waals surface area contributed by atoms with Crippen molar-refractivity contribution in [2.75, 3.05) is 18.2 Å². The van der Waals surface area contributed by atoms with Crippen LogP contribution in [0.4, 0.5) is 10.1 Å². The number of benzene rings is 3. The molecule has 0 atom stereocenters. The number of methoxy groups -OCH3 is 1. The summed E-state index contributed by atoms with van der Waals surface area (Å²) in [7, 11) is 1.61. The average molecular weight is 483 g/mol. The number of amides is 1. The molecule has 0 aliphatic carbocycles. The maximum atomic E-state index is 13.3. The SMILES string of the molecule is COc1ccc(-n2c(SCC(=O)Nc3ccc(F)c(Cl)c3)nnc2-c2ccc(C)cc2)cc1.